The molecule has 4 heteroatoms. The van der Waals surface area contributed by atoms with E-state index in [0.717, 1.165) is 35.2 Å². The van der Waals surface area contributed by atoms with Gasteiger partial charge < -0.3 is 5.11 Å². The van der Waals surface area contributed by atoms with Crippen molar-refractivity contribution in [1.82, 2.24) is 0 Å². The fourth-order valence-electron chi connectivity index (χ4n) is 4.53. The van der Waals surface area contributed by atoms with Crippen LogP contribution in [0.3, 0.4) is 0 Å². The third kappa shape index (κ3) is 8.18. The lowest BCUT2D eigenvalue weighted by Crippen LogP contribution is -2.28. The smallest absolute Gasteiger partial charge is 0.303 e. The highest BCUT2D eigenvalue weighted by atomic mass is 32.2. The summed E-state index contributed by atoms with van der Waals surface area (Å²) >= 11 is 4.45. The molecule has 0 aromatic heterocycles. The molecule has 2 heterocycles. The van der Waals surface area contributed by atoms with Crippen LogP contribution in [-0.4, -0.2) is 33.1 Å². The molecule has 0 aromatic rings. The second-order valence-corrected chi connectivity index (χ2v) is 10.9. The topological polar surface area (TPSA) is 37.3 Å². The van der Waals surface area contributed by atoms with Crippen LogP contribution in [0.5, 0.6) is 0 Å². The quantitative estimate of drug-likeness (QED) is 0.220. The number of aliphatic carboxylic acids is 1. The third-order valence-electron chi connectivity index (χ3n) is 6.25. The highest BCUT2D eigenvalue weighted by molar-refractivity contribution is 8.01. The molecular weight excluding hydrogens is 384 g/mol. The van der Waals surface area contributed by atoms with Gasteiger partial charge in [-0.15, -0.1) is 0 Å². The molecule has 2 saturated heterocycles. The Hall–Kier alpha value is -0.350. The normalized spacial score (nSPS) is 27.1. The summed E-state index contributed by atoms with van der Waals surface area (Å²) in [6, 6.07) is 0. The lowest BCUT2D eigenvalue weighted by molar-refractivity contribution is -0.137. The minimum absolute atomic E-state index is 0.292. The van der Waals surface area contributed by atoms with Crippen molar-refractivity contribution in [3.8, 4) is 0 Å². The first-order valence-corrected chi connectivity index (χ1v) is 13.5. The summed E-state index contributed by atoms with van der Waals surface area (Å²) in [6.45, 7) is 4.57. The Labute approximate surface area is 181 Å². The SMILES string of the molecule is CCCCC=C(CC)CCSC[C@H]1[C@@H](C/C=C\CCCC(=O)O)[C@H]2CC[C@@H]1S2. The molecule has 2 aliphatic heterocycles. The van der Waals surface area contributed by atoms with Crippen molar-refractivity contribution in [2.45, 2.75) is 95.0 Å². The first-order chi connectivity index (χ1) is 13.7. The van der Waals surface area contributed by atoms with E-state index in [1.54, 1.807) is 5.57 Å². The minimum Gasteiger partial charge on any atom is -0.481 e. The summed E-state index contributed by atoms with van der Waals surface area (Å²) in [6.07, 6.45) is 19.4. The monoisotopic (exact) mass is 424 g/mol. The van der Waals surface area contributed by atoms with Crippen molar-refractivity contribution >= 4 is 29.5 Å². The van der Waals surface area contributed by atoms with Gasteiger partial charge in [0.05, 0.1) is 0 Å². The van der Waals surface area contributed by atoms with Crippen molar-refractivity contribution in [2.24, 2.45) is 11.8 Å². The van der Waals surface area contributed by atoms with Crippen LogP contribution in [0.1, 0.15) is 84.5 Å². The Morgan fingerprint density at radius 2 is 1.86 bits per heavy atom. The van der Waals surface area contributed by atoms with Gasteiger partial charge in [-0.3, -0.25) is 4.79 Å². The summed E-state index contributed by atoms with van der Waals surface area (Å²) in [5, 5.41) is 10.5. The van der Waals surface area contributed by atoms with E-state index in [2.05, 4.69) is 55.6 Å². The Balaban J connectivity index is 1.69. The molecule has 0 saturated carbocycles. The molecule has 2 aliphatic rings. The molecule has 2 rings (SSSR count). The maximum absolute atomic E-state index is 10.6. The van der Waals surface area contributed by atoms with Crippen molar-refractivity contribution in [2.75, 3.05) is 11.5 Å². The maximum atomic E-state index is 10.6. The average molecular weight is 425 g/mol. The van der Waals surface area contributed by atoms with Gasteiger partial charge in [-0.1, -0.05) is 50.5 Å². The molecule has 0 aliphatic carbocycles. The zero-order valence-corrected chi connectivity index (χ0v) is 19.5. The van der Waals surface area contributed by atoms with E-state index < -0.39 is 5.97 Å². The number of carboxylic acids is 1. The lowest BCUT2D eigenvalue weighted by atomic mass is 9.78. The molecule has 4 atom stereocenters. The fraction of sp³-hybridized carbons (Fsp3) is 0.792. The van der Waals surface area contributed by atoms with Crippen molar-refractivity contribution in [3.63, 3.8) is 0 Å². The van der Waals surface area contributed by atoms with Crippen LogP contribution in [0.15, 0.2) is 23.8 Å². The zero-order chi connectivity index (χ0) is 20.2. The van der Waals surface area contributed by atoms with Crippen LogP contribution in [0, 0.1) is 11.8 Å². The van der Waals surface area contributed by atoms with Crippen LogP contribution in [0.25, 0.3) is 0 Å². The Morgan fingerprint density at radius 1 is 1.07 bits per heavy atom. The van der Waals surface area contributed by atoms with Gasteiger partial charge in [0.1, 0.15) is 0 Å². The standard InChI is InChI=1S/C24H40O2S2/c1-3-5-8-11-19(4-2)16-17-27-18-21-20(22-14-15-23(21)28-22)12-9-6-7-10-13-24(25)26/h6,9,11,20-23H,3-5,7-8,10,12-18H2,1-2H3,(H,25,26)/b9-6-,19-11?/t20-,21+,22-,23+/m1/s1. The number of carboxylic acid groups (broad SMARTS) is 1. The summed E-state index contributed by atoms with van der Waals surface area (Å²) in [7, 11) is 0. The van der Waals surface area contributed by atoms with Gasteiger partial charge in [0.25, 0.3) is 0 Å². The molecule has 2 bridgehead atoms. The molecule has 160 valence electrons. The number of allylic oxidation sites excluding steroid dienone is 4. The Kier molecular flexibility index (Phi) is 11.8. The van der Waals surface area contributed by atoms with E-state index in [9.17, 15) is 4.79 Å². The molecule has 0 unspecified atom stereocenters. The summed E-state index contributed by atoms with van der Waals surface area (Å²) in [5.41, 5.74) is 1.66. The molecule has 0 aromatic carbocycles. The van der Waals surface area contributed by atoms with Gasteiger partial charge in [-0.05, 0) is 74.7 Å². The second kappa shape index (κ2) is 13.8. The van der Waals surface area contributed by atoms with E-state index in [4.69, 9.17) is 5.11 Å². The molecule has 2 nitrogen and oxygen atoms in total. The first kappa shape index (κ1) is 23.9. The van der Waals surface area contributed by atoms with Gasteiger partial charge in [0.15, 0.2) is 0 Å². The Morgan fingerprint density at radius 3 is 2.57 bits per heavy atom. The highest BCUT2D eigenvalue weighted by Gasteiger charge is 2.47. The number of unbranched alkanes of at least 4 members (excludes halogenated alkanes) is 3. The second-order valence-electron chi connectivity index (χ2n) is 8.29. The van der Waals surface area contributed by atoms with Crippen LogP contribution in [0.4, 0.5) is 0 Å². The predicted molar refractivity (Wildman–Crippen MR) is 126 cm³/mol. The number of hydrogen-bond acceptors (Lipinski definition) is 3. The van der Waals surface area contributed by atoms with E-state index in [-0.39, 0.29) is 0 Å². The summed E-state index contributed by atoms with van der Waals surface area (Å²) < 4.78 is 0. The number of fused-ring (bicyclic) bond motifs is 2. The molecule has 2 fully saturated rings. The largest absolute Gasteiger partial charge is 0.481 e. The Bertz CT molecular complexity index is 515. The molecule has 0 radical (unpaired) electrons. The third-order valence-corrected chi connectivity index (χ3v) is 9.23. The van der Waals surface area contributed by atoms with Crippen molar-refractivity contribution in [1.29, 1.82) is 0 Å². The number of thioether (sulfide) groups is 2. The number of hydrogen-bond donors (Lipinski definition) is 1. The van der Waals surface area contributed by atoms with Gasteiger partial charge in [-0.2, -0.15) is 23.5 Å². The fourth-order valence-corrected chi connectivity index (χ4v) is 7.98. The van der Waals surface area contributed by atoms with Gasteiger partial charge in [0.2, 0.25) is 0 Å². The number of rotatable bonds is 15. The van der Waals surface area contributed by atoms with E-state index >= 15 is 0 Å². The number of carbonyl (C=O) groups is 1. The van der Waals surface area contributed by atoms with Crippen molar-refractivity contribution in [3.05, 3.63) is 23.8 Å². The van der Waals surface area contributed by atoms with Gasteiger partial charge >= 0.3 is 5.97 Å². The highest BCUT2D eigenvalue weighted by Crippen LogP contribution is 2.55. The molecular formula is C24H40O2S2. The first-order valence-electron chi connectivity index (χ1n) is 11.4. The summed E-state index contributed by atoms with van der Waals surface area (Å²) in [5.74, 6) is 3.66. The molecule has 1 N–H and O–H groups in total. The summed E-state index contributed by atoms with van der Waals surface area (Å²) in [4.78, 5) is 10.6. The van der Waals surface area contributed by atoms with Crippen LogP contribution in [-0.2, 0) is 4.79 Å². The molecule has 28 heavy (non-hydrogen) atoms. The van der Waals surface area contributed by atoms with Crippen LogP contribution in [0.2, 0.25) is 0 Å². The lowest BCUT2D eigenvalue weighted by Gasteiger charge is -2.29. The molecule has 0 spiro atoms. The van der Waals surface area contributed by atoms with Crippen LogP contribution >= 0.6 is 23.5 Å². The average Bonchev–Trinajstić information content (AvgIpc) is 3.28. The van der Waals surface area contributed by atoms with E-state index in [1.807, 2.05) is 0 Å². The van der Waals surface area contributed by atoms with E-state index in [0.29, 0.717) is 6.42 Å². The van der Waals surface area contributed by atoms with Gasteiger partial charge in [-0.25, -0.2) is 0 Å². The predicted octanol–water partition coefficient (Wildman–Crippen LogP) is 7.35. The van der Waals surface area contributed by atoms with E-state index in [1.165, 1.54) is 62.9 Å². The zero-order valence-electron chi connectivity index (χ0n) is 17.9. The molecule has 0 amide bonds. The maximum Gasteiger partial charge on any atom is 0.303 e. The van der Waals surface area contributed by atoms with Gasteiger partial charge in [0, 0.05) is 16.9 Å². The van der Waals surface area contributed by atoms with Crippen LogP contribution < -0.4 is 0 Å². The van der Waals surface area contributed by atoms with Crippen molar-refractivity contribution < 1.29 is 9.90 Å². The minimum atomic E-state index is -0.679.